The summed E-state index contributed by atoms with van der Waals surface area (Å²) in [6, 6.07) is 5.89. The molecule has 0 saturated heterocycles. The number of methoxy groups -OCH3 is 3. The average Bonchev–Trinajstić information content (AvgIpc) is 2.51. The number of nitrogens with one attached hydrogen (secondary N) is 1. The van der Waals surface area contributed by atoms with Crippen molar-refractivity contribution in [1.82, 2.24) is 5.32 Å². The fraction of sp³-hybridized carbons (Fsp3) is 0.625. The molecule has 0 fully saturated rings. The highest BCUT2D eigenvalue weighted by atomic mass is 16.5. The Hall–Kier alpha value is -1.26. The molecule has 2 unspecified atom stereocenters. The van der Waals surface area contributed by atoms with Crippen LogP contribution in [0.15, 0.2) is 18.2 Å². The van der Waals surface area contributed by atoms with E-state index in [0.29, 0.717) is 0 Å². The molecule has 0 aliphatic heterocycles. The zero-order valence-electron chi connectivity index (χ0n) is 13.4. The van der Waals surface area contributed by atoms with Crippen LogP contribution in [0.4, 0.5) is 0 Å². The third-order valence-corrected chi connectivity index (χ3v) is 3.94. The van der Waals surface area contributed by atoms with E-state index in [-0.39, 0.29) is 11.6 Å². The normalized spacial score (nSPS) is 15.5. The SMILES string of the molecule is CCNC(c1cc(OC)ccc1OC)C(C)(CC)OC. The van der Waals surface area contributed by atoms with Gasteiger partial charge in [0.05, 0.1) is 25.9 Å². The molecule has 0 spiro atoms. The summed E-state index contributed by atoms with van der Waals surface area (Å²) in [7, 11) is 5.11. The third kappa shape index (κ3) is 3.44. The lowest BCUT2D eigenvalue weighted by molar-refractivity contribution is -0.0301. The van der Waals surface area contributed by atoms with Gasteiger partial charge < -0.3 is 19.5 Å². The number of likely N-dealkylation sites (N-methyl/N-ethyl adjacent to an activating group) is 1. The van der Waals surface area contributed by atoms with Crippen LogP contribution in [0.2, 0.25) is 0 Å². The Morgan fingerprint density at radius 1 is 1.15 bits per heavy atom. The Labute approximate surface area is 122 Å². The van der Waals surface area contributed by atoms with E-state index in [1.165, 1.54) is 0 Å². The van der Waals surface area contributed by atoms with Crippen LogP contribution in [0.1, 0.15) is 38.8 Å². The maximum absolute atomic E-state index is 5.77. The summed E-state index contributed by atoms with van der Waals surface area (Å²) < 4.78 is 16.6. The first-order valence-electron chi connectivity index (χ1n) is 7.06. The minimum absolute atomic E-state index is 0.0348. The van der Waals surface area contributed by atoms with Crippen LogP contribution in [0.3, 0.4) is 0 Å². The number of benzene rings is 1. The first-order valence-corrected chi connectivity index (χ1v) is 7.06. The molecule has 0 amide bonds. The van der Waals surface area contributed by atoms with E-state index in [2.05, 4.69) is 26.1 Å². The van der Waals surface area contributed by atoms with Crippen molar-refractivity contribution < 1.29 is 14.2 Å². The van der Waals surface area contributed by atoms with Gasteiger partial charge in [-0.05, 0) is 38.1 Å². The van der Waals surface area contributed by atoms with Crippen LogP contribution in [-0.4, -0.2) is 33.5 Å². The Bertz CT molecular complexity index is 416. The predicted octanol–water partition coefficient (Wildman–Crippen LogP) is 3.17. The van der Waals surface area contributed by atoms with E-state index in [1.807, 2.05) is 18.2 Å². The Balaban J connectivity index is 3.32. The molecule has 2 atom stereocenters. The van der Waals surface area contributed by atoms with Crippen molar-refractivity contribution >= 4 is 0 Å². The molecule has 0 bridgehead atoms. The van der Waals surface area contributed by atoms with Gasteiger partial charge in [-0.25, -0.2) is 0 Å². The van der Waals surface area contributed by atoms with Gasteiger partial charge in [0.1, 0.15) is 11.5 Å². The lowest BCUT2D eigenvalue weighted by Gasteiger charge is -2.37. The molecule has 0 aliphatic rings. The molecule has 1 N–H and O–H groups in total. The second-order valence-electron chi connectivity index (χ2n) is 4.97. The van der Waals surface area contributed by atoms with Crippen molar-refractivity contribution in [3.05, 3.63) is 23.8 Å². The van der Waals surface area contributed by atoms with E-state index >= 15 is 0 Å². The second kappa shape index (κ2) is 7.50. The minimum Gasteiger partial charge on any atom is -0.497 e. The third-order valence-electron chi connectivity index (χ3n) is 3.94. The highest BCUT2D eigenvalue weighted by Gasteiger charge is 2.35. The van der Waals surface area contributed by atoms with Crippen molar-refractivity contribution in [3.63, 3.8) is 0 Å². The maximum atomic E-state index is 5.77. The molecular weight excluding hydrogens is 254 g/mol. The smallest absolute Gasteiger partial charge is 0.124 e. The summed E-state index contributed by atoms with van der Waals surface area (Å²) in [5, 5.41) is 3.51. The number of hydrogen-bond donors (Lipinski definition) is 1. The van der Waals surface area contributed by atoms with Gasteiger partial charge in [-0.3, -0.25) is 0 Å². The molecule has 0 radical (unpaired) electrons. The summed E-state index contributed by atoms with van der Waals surface area (Å²) in [6.45, 7) is 7.18. The summed E-state index contributed by atoms with van der Waals surface area (Å²) in [5.74, 6) is 1.66. The Morgan fingerprint density at radius 3 is 2.30 bits per heavy atom. The quantitative estimate of drug-likeness (QED) is 0.794. The Morgan fingerprint density at radius 2 is 1.85 bits per heavy atom. The second-order valence-corrected chi connectivity index (χ2v) is 4.97. The van der Waals surface area contributed by atoms with Crippen LogP contribution in [0, 0.1) is 0 Å². The van der Waals surface area contributed by atoms with Gasteiger partial charge in [-0.15, -0.1) is 0 Å². The van der Waals surface area contributed by atoms with Crippen LogP contribution in [0.25, 0.3) is 0 Å². The summed E-state index contributed by atoms with van der Waals surface area (Å²) in [5.41, 5.74) is 0.746. The number of hydrogen-bond acceptors (Lipinski definition) is 4. The van der Waals surface area contributed by atoms with Gasteiger partial charge in [-0.2, -0.15) is 0 Å². The molecule has 4 nitrogen and oxygen atoms in total. The highest BCUT2D eigenvalue weighted by molar-refractivity contribution is 5.43. The molecule has 20 heavy (non-hydrogen) atoms. The van der Waals surface area contributed by atoms with E-state index in [0.717, 1.165) is 30.0 Å². The summed E-state index contributed by atoms with van der Waals surface area (Å²) in [4.78, 5) is 0. The molecular formula is C16H27NO3. The van der Waals surface area contributed by atoms with Crippen LogP contribution >= 0.6 is 0 Å². The van der Waals surface area contributed by atoms with Crippen LogP contribution < -0.4 is 14.8 Å². The van der Waals surface area contributed by atoms with E-state index < -0.39 is 0 Å². The summed E-state index contributed by atoms with van der Waals surface area (Å²) >= 11 is 0. The van der Waals surface area contributed by atoms with Gasteiger partial charge in [0.15, 0.2) is 0 Å². The first kappa shape index (κ1) is 16.8. The van der Waals surface area contributed by atoms with Crippen LogP contribution in [-0.2, 0) is 4.74 Å². The minimum atomic E-state index is -0.310. The first-order chi connectivity index (χ1) is 9.56. The van der Waals surface area contributed by atoms with Crippen molar-refractivity contribution in [3.8, 4) is 11.5 Å². The van der Waals surface area contributed by atoms with Crippen molar-refractivity contribution in [2.75, 3.05) is 27.9 Å². The molecule has 0 aliphatic carbocycles. The molecule has 4 heteroatoms. The fourth-order valence-electron chi connectivity index (χ4n) is 2.39. The standard InChI is InChI=1S/C16H27NO3/c1-7-16(3,20-6)15(17-8-2)13-11-12(18-4)9-10-14(13)19-5/h9-11,15,17H,7-8H2,1-6H3. The van der Waals surface area contributed by atoms with E-state index in [9.17, 15) is 0 Å². The fourth-order valence-corrected chi connectivity index (χ4v) is 2.39. The monoisotopic (exact) mass is 281 g/mol. The predicted molar refractivity (Wildman–Crippen MR) is 81.7 cm³/mol. The van der Waals surface area contributed by atoms with Gasteiger partial charge in [0.2, 0.25) is 0 Å². The van der Waals surface area contributed by atoms with Crippen molar-refractivity contribution in [2.24, 2.45) is 0 Å². The topological polar surface area (TPSA) is 39.7 Å². The molecule has 0 aromatic heterocycles. The Kier molecular flexibility index (Phi) is 6.30. The number of ether oxygens (including phenoxy) is 3. The van der Waals surface area contributed by atoms with E-state index in [4.69, 9.17) is 14.2 Å². The largest absolute Gasteiger partial charge is 0.497 e. The van der Waals surface area contributed by atoms with Crippen molar-refractivity contribution in [2.45, 2.75) is 38.8 Å². The lowest BCUT2D eigenvalue weighted by atomic mass is 9.87. The van der Waals surface area contributed by atoms with E-state index in [1.54, 1.807) is 21.3 Å². The molecule has 0 heterocycles. The molecule has 114 valence electrons. The molecule has 1 aromatic carbocycles. The van der Waals surface area contributed by atoms with Gasteiger partial charge in [-0.1, -0.05) is 13.8 Å². The lowest BCUT2D eigenvalue weighted by Crippen LogP contribution is -2.43. The van der Waals surface area contributed by atoms with Crippen molar-refractivity contribution in [1.29, 1.82) is 0 Å². The average molecular weight is 281 g/mol. The zero-order valence-corrected chi connectivity index (χ0v) is 13.4. The van der Waals surface area contributed by atoms with Crippen LogP contribution in [0.5, 0.6) is 11.5 Å². The van der Waals surface area contributed by atoms with Gasteiger partial charge in [0, 0.05) is 12.7 Å². The number of rotatable bonds is 8. The summed E-state index contributed by atoms with van der Waals surface area (Å²) in [6.07, 6.45) is 0.890. The maximum Gasteiger partial charge on any atom is 0.124 e. The van der Waals surface area contributed by atoms with Gasteiger partial charge in [0.25, 0.3) is 0 Å². The zero-order chi connectivity index (χ0) is 15.2. The highest BCUT2D eigenvalue weighted by Crippen LogP contribution is 2.38. The molecule has 1 rings (SSSR count). The molecule has 1 aromatic rings. The van der Waals surface area contributed by atoms with Gasteiger partial charge >= 0.3 is 0 Å². The molecule has 0 saturated carbocycles.